The Morgan fingerprint density at radius 1 is 1.31 bits per heavy atom. The third kappa shape index (κ3) is 5.88. The molecular formula is C21H28BrN5O2. The van der Waals surface area contributed by atoms with Gasteiger partial charge in [-0.25, -0.2) is 4.68 Å². The first-order chi connectivity index (χ1) is 13.7. The molecule has 1 aliphatic rings. The van der Waals surface area contributed by atoms with Crippen LogP contribution in [0.4, 0.5) is 5.69 Å². The van der Waals surface area contributed by atoms with Gasteiger partial charge in [0, 0.05) is 25.0 Å². The molecule has 2 heterocycles. The summed E-state index contributed by atoms with van der Waals surface area (Å²) in [5.41, 5.74) is 1.58. The maximum absolute atomic E-state index is 12.7. The van der Waals surface area contributed by atoms with Crippen LogP contribution >= 0.6 is 15.9 Å². The molecule has 7 nitrogen and oxygen atoms in total. The van der Waals surface area contributed by atoms with Gasteiger partial charge >= 0.3 is 0 Å². The SMILES string of the molecule is CC1CC(Nc2cnn(CC(=O)NCc3ccncc3)c(=O)c2Br)CC(C)(C)C1. The molecule has 0 saturated heterocycles. The number of anilines is 1. The van der Waals surface area contributed by atoms with Crippen LogP contribution in [0.1, 0.15) is 45.6 Å². The zero-order valence-corrected chi connectivity index (χ0v) is 18.7. The topological polar surface area (TPSA) is 88.9 Å². The number of nitrogens with zero attached hydrogens (tertiary/aromatic N) is 3. The monoisotopic (exact) mass is 461 g/mol. The normalized spacial score (nSPS) is 20.8. The molecule has 2 aromatic heterocycles. The highest BCUT2D eigenvalue weighted by Crippen LogP contribution is 2.39. The lowest BCUT2D eigenvalue weighted by Crippen LogP contribution is -2.37. The highest BCUT2D eigenvalue weighted by Gasteiger charge is 2.32. The molecule has 3 rings (SSSR count). The maximum Gasteiger partial charge on any atom is 0.283 e. The number of aromatic nitrogens is 3. The Hall–Kier alpha value is -2.22. The number of halogens is 1. The van der Waals surface area contributed by atoms with Crippen LogP contribution in [0.25, 0.3) is 0 Å². The van der Waals surface area contributed by atoms with Crippen LogP contribution in [0.2, 0.25) is 0 Å². The number of pyridine rings is 1. The van der Waals surface area contributed by atoms with E-state index in [2.05, 4.69) is 57.4 Å². The van der Waals surface area contributed by atoms with E-state index in [1.807, 2.05) is 12.1 Å². The fraction of sp³-hybridized carbons (Fsp3) is 0.524. The van der Waals surface area contributed by atoms with Crippen molar-refractivity contribution in [2.75, 3.05) is 5.32 Å². The van der Waals surface area contributed by atoms with Crippen LogP contribution in [0.5, 0.6) is 0 Å². The molecule has 0 radical (unpaired) electrons. The van der Waals surface area contributed by atoms with E-state index in [-0.39, 0.29) is 23.4 Å². The van der Waals surface area contributed by atoms with Crippen LogP contribution < -0.4 is 16.2 Å². The first kappa shape index (κ1) is 21.5. The van der Waals surface area contributed by atoms with Crippen molar-refractivity contribution in [1.29, 1.82) is 0 Å². The van der Waals surface area contributed by atoms with E-state index in [1.165, 1.54) is 11.1 Å². The largest absolute Gasteiger partial charge is 0.380 e. The van der Waals surface area contributed by atoms with E-state index < -0.39 is 0 Å². The maximum atomic E-state index is 12.7. The number of carbonyl (C=O) groups is 1. The summed E-state index contributed by atoms with van der Waals surface area (Å²) in [6.45, 7) is 7.09. The molecule has 1 amide bonds. The van der Waals surface area contributed by atoms with Crippen LogP contribution in [0.3, 0.4) is 0 Å². The molecule has 156 valence electrons. The van der Waals surface area contributed by atoms with Crippen LogP contribution in [-0.4, -0.2) is 26.7 Å². The first-order valence-corrected chi connectivity index (χ1v) is 10.7. The highest BCUT2D eigenvalue weighted by atomic mass is 79.9. The quantitative estimate of drug-likeness (QED) is 0.688. The van der Waals surface area contributed by atoms with E-state index in [4.69, 9.17) is 0 Å². The van der Waals surface area contributed by atoms with Gasteiger partial charge in [-0.2, -0.15) is 5.10 Å². The van der Waals surface area contributed by atoms with E-state index in [9.17, 15) is 9.59 Å². The van der Waals surface area contributed by atoms with Gasteiger partial charge in [-0.15, -0.1) is 0 Å². The Balaban J connectivity index is 1.63. The van der Waals surface area contributed by atoms with Crippen molar-refractivity contribution < 1.29 is 4.79 Å². The predicted molar refractivity (Wildman–Crippen MR) is 116 cm³/mol. The molecule has 2 atom stereocenters. The second-order valence-electron chi connectivity index (χ2n) is 8.72. The molecule has 1 aliphatic carbocycles. The summed E-state index contributed by atoms with van der Waals surface area (Å²) in [6.07, 6.45) is 8.28. The van der Waals surface area contributed by atoms with Gasteiger partial charge in [-0.3, -0.25) is 14.6 Å². The van der Waals surface area contributed by atoms with Gasteiger partial charge in [0.2, 0.25) is 5.91 Å². The lowest BCUT2D eigenvalue weighted by molar-refractivity contribution is -0.122. The lowest BCUT2D eigenvalue weighted by Gasteiger charge is -2.39. The Morgan fingerprint density at radius 3 is 2.72 bits per heavy atom. The molecule has 0 aliphatic heterocycles. The summed E-state index contributed by atoms with van der Waals surface area (Å²) in [5.74, 6) is 0.360. The fourth-order valence-corrected chi connectivity index (χ4v) is 4.67. The summed E-state index contributed by atoms with van der Waals surface area (Å²) in [6, 6.07) is 3.95. The van der Waals surface area contributed by atoms with E-state index in [0.717, 1.165) is 18.4 Å². The number of amides is 1. The fourth-order valence-electron chi connectivity index (χ4n) is 4.25. The van der Waals surface area contributed by atoms with Crippen molar-refractivity contribution in [3.8, 4) is 0 Å². The van der Waals surface area contributed by atoms with Gasteiger partial charge in [-0.1, -0.05) is 20.8 Å². The Kier molecular flexibility index (Phi) is 6.72. The van der Waals surface area contributed by atoms with Crippen molar-refractivity contribution >= 4 is 27.5 Å². The zero-order valence-electron chi connectivity index (χ0n) is 17.1. The number of hydrogen-bond acceptors (Lipinski definition) is 5. The minimum absolute atomic E-state index is 0.129. The standard InChI is InChI=1S/C21H28BrN5O2/c1-14-8-16(10-21(2,3)9-14)26-17-12-25-27(20(29)19(17)22)13-18(28)24-11-15-4-6-23-7-5-15/h4-7,12,14,16,26H,8-11,13H2,1-3H3,(H,24,28). The number of rotatable bonds is 6. The third-order valence-electron chi connectivity index (χ3n) is 5.26. The van der Waals surface area contributed by atoms with Crippen LogP contribution in [0, 0.1) is 11.3 Å². The third-order valence-corrected chi connectivity index (χ3v) is 6.03. The highest BCUT2D eigenvalue weighted by molar-refractivity contribution is 9.10. The van der Waals surface area contributed by atoms with Gasteiger partial charge in [-0.05, 0) is 64.2 Å². The number of nitrogens with one attached hydrogen (secondary N) is 2. The molecule has 1 saturated carbocycles. The van der Waals surface area contributed by atoms with Gasteiger partial charge in [0.25, 0.3) is 5.56 Å². The van der Waals surface area contributed by atoms with Crippen molar-refractivity contribution in [2.24, 2.45) is 11.3 Å². The first-order valence-electron chi connectivity index (χ1n) is 9.91. The van der Waals surface area contributed by atoms with Gasteiger partial charge in [0.15, 0.2) is 0 Å². The van der Waals surface area contributed by atoms with E-state index >= 15 is 0 Å². The Bertz CT molecular complexity index is 913. The number of hydrogen-bond donors (Lipinski definition) is 2. The summed E-state index contributed by atoms with van der Waals surface area (Å²) in [4.78, 5) is 28.8. The van der Waals surface area contributed by atoms with Gasteiger partial charge in [0.1, 0.15) is 11.0 Å². The molecule has 0 bridgehead atoms. The molecule has 0 spiro atoms. The average Bonchev–Trinajstić information content (AvgIpc) is 2.65. The van der Waals surface area contributed by atoms with E-state index in [0.29, 0.717) is 28.7 Å². The molecule has 29 heavy (non-hydrogen) atoms. The van der Waals surface area contributed by atoms with Gasteiger partial charge in [0.05, 0.1) is 11.9 Å². The summed E-state index contributed by atoms with van der Waals surface area (Å²) in [7, 11) is 0. The molecule has 8 heteroatoms. The summed E-state index contributed by atoms with van der Waals surface area (Å²) in [5, 5.41) is 10.5. The summed E-state index contributed by atoms with van der Waals surface area (Å²) >= 11 is 3.39. The Labute approximate surface area is 179 Å². The number of carbonyl (C=O) groups excluding carboxylic acids is 1. The molecule has 2 aromatic rings. The van der Waals surface area contributed by atoms with Crippen LogP contribution in [0.15, 0.2) is 40.0 Å². The predicted octanol–water partition coefficient (Wildman–Crippen LogP) is 3.34. The van der Waals surface area contributed by atoms with Crippen molar-refractivity contribution in [3.05, 3.63) is 51.1 Å². The molecule has 0 aromatic carbocycles. The lowest BCUT2D eigenvalue weighted by atomic mass is 9.70. The minimum Gasteiger partial charge on any atom is -0.380 e. The van der Waals surface area contributed by atoms with Crippen molar-refractivity contribution in [3.63, 3.8) is 0 Å². The smallest absolute Gasteiger partial charge is 0.283 e. The summed E-state index contributed by atoms with van der Waals surface area (Å²) < 4.78 is 1.58. The molecular weight excluding hydrogens is 434 g/mol. The average molecular weight is 462 g/mol. The van der Waals surface area contributed by atoms with Crippen molar-refractivity contribution in [1.82, 2.24) is 20.1 Å². The Morgan fingerprint density at radius 2 is 2.03 bits per heavy atom. The molecule has 1 fully saturated rings. The second kappa shape index (κ2) is 9.07. The zero-order chi connectivity index (χ0) is 21.0. The second-order valence-corrected chi connectivity index (χ2v) is 9.51. The van der Waals surface area contributed by atoms with Crippen LogP contribution in [-0.2, 0) is 17.9 Å². The molecule has 2 unspecified atom stereocenters. The van der Waals surface area contributed by atoms with Gasteiger partial charge < -0.3 is 10.6 Å². The van der Waals surface area contributed by atoms with E-state index in [1.54, 1.807) is 18.6 Å². The minimum atomic E-state index is -0.322. The van der Waals surface area contributed by atoms with Crippen molar-refractivity contribution in [2.45, 2.75) is 59.2 Å². The molecule has 2 N–H and O–H groups in total.